The van der Waals surface area contributed by atoms with Crippen LogP contribution in [-0.2, 0) is 4.79 Å². The van der Waals surface area contributed by atoms with Gasteiger partial charge in [-0.25, -0.2) is 0 Å². The standard InChI is InChI=1S/C15H29NO/c1-13(2)14(3)16(4)11-15(12-17)9-7-5-6-8-10-15/h12-14H,5-11H2,1-4H3. The lowest BCUT2D eigenvalue weighted by Gasteiger charge is -2.36. The van der Waals surface area contributed by atoms with Crippen molar-refractivity contribution in [3.8, 4) is 0 Å². The fourth-order valence-electron chi connectivity index (χ4n) is 2.90. The number of hydrogen-bond acceptors (Lipinski definition) is 2. The van der Waals surface area contributed by atoms with Gasteiger partial charge in [-0.1, -0.05) is 39.5 Å². The summed E-state index contributed by atoms with van der Waals surface area (Å²) in [5, 5.41) is 0. The van der Waals surface area contributed by atoms with E-state index in [0.29, 0.717) is 12.0 Å². The Morgan fingerprint density at radius 1 is 1.12 bits per heavy atom. The van der Waals surface area contributed by atoms with Gasteiger partial charge in [0.05, 0.1) is 0 Å². The largest absolute Gasteiger partial charge is 0.303 e. The molecule has 1 rings (SSSR count). The summed E-state index contributed by atoms with van der Waals surface area (Å²) in [6, 6.07) is 0.551. The lowest BCUT2D eigenvalue weighted by molar-refractivity contribution is -0.118. The van der Waals surface area contributed by atoms with E-state index in [1.807, 2.05) is 0 Å². The van der Waals surface area contributed by atoms with Gasteiger partial charge >= 0.3 is 0 Å². The first-order chi connectivity index (χ1) is 8.01. The van der Waals surface area contributed by atoms with E-state index in [2.05, 4.69) is 32.7 Å². The number of hydrogen-bond donors (Lipinski definition) is 0. The molecule has 0 saturated heterocycles. The summed E-state index contributed by atoms with van der Waals surface area (Å²) in [7, 11) is 2.17. The molecule has 1 atom stereocenters. The monoisotopic (exact) mass is 239 g/mol. The molecule has 1 aliphatic carbocycles. The van der Waals surface area contributed by atoms with E-state index in [-0.39, 0.29) is 5.41 Å². The van der Waals surface area contributed by atoms with Gasteiger partial charge in [-0.05, 0) is 32.7 Å². The third-order valence-electron chi connectivity index (χ3n) is 4.57. The van der Waals surface area contributed by atoms with Gasteiger partial charge in [0, 0.05) is 18.0 Å². The fraction of sp³-hybridized carbons (Fsp3) is 0.933. The Hall–Kier alpha value is -0.370. The molecule has 1 fully saturated rings. The first-order valence-electron chi connectivity index (χ1n) is 7.17. The molecule has 0 amide bonds. The predicted molar refractivity (Wildman–Crippen MR) is 73.1 cm³/mol. The van der Waals surface area contributed by atoms with Crippen LogP contribution in [0.25, 0.3) is 0 Å². The summed E-state index contributed by atoms with van der Waals surface area (Å²) in [6.45, 7) is 7.71. The maximum Gasteiger partial charge on any atom is 0.127 e. The molecule has 100 valence electrons. The number of carbonyl (C=O) groups excluding carboxylic acids is 1. The highest BCUT2D eigenvalue weighted by Crippen LogP contribution is 2.34. The van der Waals surface area contributed by atoms with E-state index in [4.69, 9.17) is 0 Å². The van der Waals surface area contributed by atoms with Gasteiger partial charge in [-0.15, -0.1) is 0 Å². The van der Waals surface area contributed by atoms with Gasteiger partial charge < -0.3 is 9.69 Å². The minimum Gasteiger partial charge on any atom is -0.303 e. The average Bonchev–Trinajstić information content (AvgIpc) is 2.54. The smallest absolute Gasteiger partial charge is 0.127 e. The predicted octanol–water partition coefficient (Wildman–Crippen LogP) is 3.50. The van der Waals surface area contributed by atoms with Crippen LogP contribution in [-0.4, -0.2) is 30.8 Å². The second kappa shape index (κ2) is 6.53. The maximum absolute atomic E-state index is 11.5. The van der Waals surface area contributed by atoms with Crippen molar-refractivity contribution in [2.75, 3.05) is 13.6 Å². The Morgan fingerprint density at radius 2 is 1.65 bits per heavy atom. The Labute approximate surface area is 107 Å². The van der Waals surface area contributed by atoms with Crippen LogP contribution in [0.5, 0.6) is 0 Å². The average molecular weight is 239 g/mol. The van der Waals surface area contributed by atoms with Crippen LogP contribution in [0.15, 0.2) is 0 Å². The zero-order valence-corrected chi connectivity index (χ0v) is 12.0. The summed E-state index contributed by atoms with van der Waals surface area (Å²) >= 11 is 0. The Kier molecular flexibility index (Phi) is 5.64. The molecule has 0 aromatic carbocycles. The van der Waals surface area contributed by atoms with Crippen molar-refractivity contribution in [2.24, 2.45) is 11.3 Å². The van der Waals surface area contributed by atoms with E-state index in [0.717, 1.165) is 19.4 Å². The number of carbonyl (C=O) groups is 1. The van der Waals surface area contributed by atoms with Crippen molar-refractivity contribution in [3.63, 3.8) is 0 Å². The van der Waals surface area contributed by atoms with Crippen molar-refractivity contribution in [3.05, 3.63) is 0 Å². The van der Waals surface area contributed by atoms with Crippen LogP contribution >= 0.6 is 0 Å². The van der Waals surface area contributed by atoms with E-state index < -0.39 is 0 Å². The molecule has 0 spiro atoms. The number of aldehydes is 1. The molecule has 2 heteroatoms. The molecule has 0 aromatic rings. The summed E-state index contributed by atoms with van der Waals surface area (Å²) in [5.74, 6) is 0.648. The third kappa shape index (κ3) is 4.09. The van der Waals surface area contributed by atoms with Crippen LogP contribution in [0.2, 0.25) is 0 Å². The molecular weight excluding hydrogens is 210 g/mol. The van der Waals surface area contributed by atoms with Gasteiger partial charge in [-0.3, -0.25) is 0 Å². The molecule has 1 unspecified atom stereocenters. The second-order valence-corrected chi connectivity index (χ2v) is 6.29. The zero-order valence-electron chi connectivity index (χ0n) is 12.0. The first kappa shape index (κ1) is 14.7. The van der Waals surface area contributed by atoms with Crippen molar-refractivity contribution < 1.29 is 4.79 Å². The molecule has 1 saturated carbocycles. The van der Waals surface area contributed by atoms with Crippen molar-refractivity contribution >= 4 is 6.29 Å². The van der Waals surface area contributed by atoms with Crippen molar-refractivity contribution in [2.45, 2.75) is 65.3 Å². The molecule has 2 nitrogen and oxygen atoms in total. The molecule has 0 radical (unpaired) electrons. The van der Waals surface area contributed by atoms with Crippen molar-refractivity contribution in [1.82, 2.24) is 4.90 Å². The Balaban J connectivity index is 2.63. The van der Waals surface area contributed by atoms with E-state index in [1.54, 1.807) is 0 Å². The number of nitrogens with zero attached hydrogens (tertiary/aromatic N) is 1. The zero-order chi connectivity index (χ0) is 12.9. The van der Waals surface area contributed by atoms with Gasteiger partial charge in [-0.2, -0.15) is 0 Å². The lowest BCUT2D eigenvalue weighted by atomic mass is 9.81. The third-order valence-corrected chi connectivity index (χ3v) is 4.57. The summed E-state index contributed by atoms with van der Waals surface area (Å²) in [5.41, 5.74) is -0.0611. The van der Waals surface area contributed by atoms with E-state index >= 15 is 0 Å². The Morgan fingerprint density at radius 3 is 2.06 bits per heavy atom. The Bertz CT molecular complexity index is 229. The van der Waals surface area contributed by atoms with E-state index in [1.165, 1.54) is 32.0 Å². The van der Waals surface area contributed by atoms with Crippen LogP contribution in [0.3, 0.4) is 0 Å². The van der Waals surface area contributed by atoms with Crippen molar-refractivity contribution in [1.29, 1.82) is 0 Å². The highest BCUT2D eigenvalue weighted by Gasteiger charge is 2.33. The maximum atomic E-state index is 11.5. The SMILES string of the molecule is CC(C)C(C)N(C)CC1(C=O)CCCCCC1. The fourth-order valence-corrected chi connectivity index (χ4v) is 2.90. The first-order valence-corrected chi connectivity index (χ1v) is 7.17. The minimum atomic E-state index is -0.0611. The van der Waals surface area contributed by atoms with Gasteiger partial charge in [0.2, 0.25) is 0 Å². The topological polar surface area (TPSA) is 20.3 Å². The molecule has 17 heavy (non-hydrogen) atoms. The number of rotatable bonds is 5. The summed E-state index contributed by atoms with van der Waals surface area (Å²) < 4.78 is 0. The molecule has 0 aliphatic heterocycles. The second-order valence-electron chi connectivity index (χ2n) is 6.29. The molecule has 0 aromatic heterocycles. The molecule has 1 aliphatic rings. The molecule has 0 bridgehead atoms. The highest BCUT2D eigenvalue weighted by molar-refractivity contribution is 5.59. The van der Waals surface area contributed by atoms with Gasteiger partial charge in [0.1, 0.15) is 6.29 Å². The summed E-state index contributed by atoms with van der Waals surface area (Å²) in [4.78, 5) is 13.9. The van der Waals surface area contributed by atoms with Crippen LogP contribution in [0, 0.1) is 11.3 Å². The normalized spacial score (nSPS) is 22.5. The van der Waals surface area contributed by atoms with Gasteiger partial charge in [0.25, 0.3) is 0 Å². The van der Waals surface area contributed by atoms with Crippen LogP contribution < -0.4 is 0 Å². The highest BCUT2D eigenvalue weighted by atomic mass is 16.1. The minimum absolute atomic E-state index is 0.0611. The summed E-state index contributed by atoms with van der Waals surface area (Å²) in [6.07, 6.45) is 8.49. The molecule has 0 heterocycles. The van der Waals surface area contributed by atoms with Crippen LogP contribution in [0.4, 0.5) is 0 Å². The van der Waals surface area contributed by atoms with Crippen LogP contribution in [0.1, 0.15) is 59.3 Å². The molecule has 0 N–H and O–H groups in total. The quantitative estimate of drug-likeness (QED) is 0.540. The molecular formula is C15H29NO. The lowest BCUT2D eigenvalue weighted by Crippen LogP contribution is -2.42. The van der Waals surface area contributed by atoms with E-state index in [9.17, 15) is 4.79 Å². The van der Waals surface area contributed by atoms with Gasteiger partial charge in [0.15, 0.2) is 0 Å².